The van der Waals surface area contributed by atoms with Gasteiger partial charge in [-0.1, -0.05) is 48.0 Å². The van der Waals surface area contributed by atoms with Crippen molar-refractivity contribution in [1.82, 2.24) is 28.1 Å². The number of piperidine rings is 2. The predicted octanol–water partition coefficient (Wildman–Crippen LogP) is 13.6. The first-order chi connectivity index (χ1) is 53.4. The fourth-order valence-corrected chi connectivity index (χ4v) is 14.7. The number of carbonyl (C=O) groups is 9. The van der Waals surface area contributed by atoms with Crippen LogP contribution < -0.4 is 35.6 Å². The van der Waals surface area contributed by atoms with Crippen LogP contribution in [0.3, 0.4) is 0 Å². The van der Waals surface area contributed by atoms with Crippen LogP contribution >= 0.6 is 0 Å². The average molecular weight is 1510 g/mol. The number of carbonyl (C=O) groups excluding carboxylic acids is 9. The van der Waals surface area contributed by atoms with Gasteiger partial charge in [-0.05, 0) is 181 Å². The Morgan fingerprint density at radius 3 is 1.59 bits per heavy atom. The maximum Gasteiger partial charge on any atom is 0.416 e. The molecule has 0 bridgehead atoms. The normalized spacial score (nSPS) is 17.1. The number of benzene rings is 4. The number of nitrogens with one attached hydrogen (secondary N) is 4. The van der Waals surface area contributed by atoms with Gasteiger partial charge in [0.1, 0.15) is 29.5 Å². The molecule has 5 aliphatic rings. The summed E-state index contributed by atoms with van der Waals surface area (Å²) in [5, 5.41) is 11.5. The number of aliphatic imine (C=N–C) groups is 1. The van der Waals surface area contributed by atoms with Crippen molar-refractivity contribution in [2.75, 3.05) is 65.7 Å². The molecule has 4 aromatic carbocycles. The third kappa shape index (κ3) is 19.3. The van der Waals surface area contributed by atoms with E-state index in [1.54, 1.807) is 108 Å². The fourth-order valence-electron chi connectivity index (χ4n) is 14.7. The zero-order valence-electron chi connectivity index (χ0n) is 64.4. The summed E-state index contributed by atoms with van der Waals surface area (Å²) in [5.41, 5.74) is 11.1. The zero-order valence-corrected chi connectivity index (χ0v) is 64.4. The van der Waals surface area contributed by atoms with Crippen LogP contribution in [0.15, 0.2) is 139 Å². The number of hydrogen-bond donors (Lipinski definition) is 4. The standard InChI is InChI=1S/C47H56N6O9.C38H42N6O5/c1-6-20-61-47(58)53-37-27-41(31(3)23-35(37)45(57)52-19-9-7-12-36(52)46(53)62-43-14-8-10-21-60-43)59-22-11-13-42(55)48-34-26-38(51(5)29-34)40(54)25-32-24-39(50(4)28-32)44(56)49-33-17-15-30(2)16-18-33;1-24-10-12-27(13-11-24)41-37(47)33-17-26(22-42(33)3)18-34(45)32-19-28(23-43(32)4)40-36(46)9-7-15-49-35-20-31-30(16-25(35)2)38(48)44-14-6-5-8-29(44)21-39-31/h6,15-18,23-24,26-29,36,43,46H,1,7-14,19-22,25H2,2-5H3,(H,48,55)(H,49,56);10-13,16-17,19-23,29H,5-9,14-15,18H2,1-4H3,(H,40,46)(H,41,47)/t36-,43?,46?;29-/m00/s1. The van der Waals surface area contributed by atoms with E-state index in [1.165, 1.54) is 11.0 Å². The molecule has 582 valence electrons. The number of hydrogen-bond acceptors (Lipinski definition) is 15. The van der Waals surface area contributed by atoms with Gasteiger partial charge in [0.2, 0.25) is 11.8 Å². The van der Waals surface area contributed by atoms with Gasteiger partial charge in [0.15, 0.2) is 24.1 Å². The first-order valence-corrected chi connectivity index (χ1v) is 38.1. The number of aryl methyl sites for hydroxylation is 8. The minimum atomic E-state index is -0.858. The summed E-state index contributed by atoms with van der Waals surface area (Å²) in [4.78, 5) is 129. The van der Waals surface area contributed by atoms with E-state index in [1.807, 2.05) is 104 Å². The molecule has 9 heterocycles. The Labute approximate surface area is 646 Å². The molecule has 4 N–H and O–H groups in total. The van der Waals surface area contributed by atoms with Gasteiger partial charge in [-0.25, -0.2) is 9.69 Å². The molecule has 26 nitrogen and oxygen atoms in total. The molecular weight excluding hydrogens is 1410 g/mol. The summed E-state index contributed by atoms with van der Waals surface area (Å²) < 4.78 is 37.1. The lowest BCUT2D eigenvalue weighted by molar-refractivity contribution is -0.198. The number of aromatic nitrogens is 4. The molecule has 13 rings (SSSR count). The number of ketones is 2. The van der Waals surface area contributed by atoms with Crippen molar-refractivity contribution in [3.8, 4) is 11.5 Å². The summed E-state index contributed by atoms with van der Waals surface area (Å²) in [7, 11) is 7.03. The van der Waals surface area contributed by atoms with Crippen LogP contribution in [0.4, 0.5) is 38.9 Å². The number of nitrogens with zero attached hydrogens (tertiary/aromatic N) is 8. The molecule has 111 heavy (non-hydrogen) atoms. The highest BCUT2D eigenvalue weighted by atomic mass is 16.7. The molecule has 26 heteroatoms. The van der Waals surface area contributed by atoms with Crippen LogP contribution in [0.25, 0.3) is 0 Å². The van der Waals surface area contributed by atoms with Gasteiger partial charge < -0.3 is 73.0 Å². The largest absolute Gasteiger partial charge is 0.493 e. The van der Waals surface area contributed by atoms with E-state index in [4.69, 9.17) is 23.7 Å². The second-order valence-corrected chi connectivity index (χ2v) is 29.2. The number of amides is 7. The van der Waals surface area contributed by atoms with E-state index in [0.29, 0.717) is 142 Å². The SMILES string of the molecule is C=CCOC(=O)N1c2cc(OCCCC(=O)Nc3cc(C(=O)Cc4cc(C(=O)Nc5ccc(C)cc5)n(C)c4)n(C)c3)c(C)cc2C(=O)N2CCCC[C@H]2C1OC1CCCCO1.Cc1ccc(NC(=O)c2cc(CC(=O)c3cc(NC(=O)CCCOc4cc5c(cc4C)C(=O)N4CCCC[C@H]4C=N5)cn3C)cn2C)cc1. The molecule has 4 atom stereocenters. The Morgan fingerprint density at radius 2 is 1.05 bits per heavy atom. The maximum atomic E-state index is 14.2. The molecule has 8 aromatic rings. The van der Waals surface area contributed by atoms with Crippen LogP contribution in [-0.2, 0) is 64.8 Å². The van der Waals surface area contributed by atoms with Crippen LogP contribution in [0, 0.1) is 27.7 Å². The first kappa shape index (κ1) is 78.9. The van der Waals surface area contributed by atoms with Gasteiger partial charge in [-0.2, -0.15) is 0 Å². The van der Waals surface area contributed by atoms with Crippen LogP contribution in [-0.4, -0.2) is 152 Å². The summed E-state index contributed by atoms with van der Waals surface area (Å²) >= 11 is 0. The number of anilines is 5. The number of rotatable bonds is 26. The Bertz CT molecular complexity index is 4840. The van der Waals surface area contributed by atoms with Crippen molar-refractivity contribution < 1.29 is 66.8 Å². The molecule has 2 unspecified atom stereocenters. The van der Waals surface area contributed by atoms with Gasteiger partial charge >= 0.3 is 6.09 Å². The highest BCUT2D eigenvalue weighted by molar-refractivity contribution is 6.08. The maximum absolute atomic E-state index is 14.2. The third-order valence-electron chi connectivity index (χ3n) is 20.5. The molecular formula is C85H98N12O14. The quantitative estimate of drug-likeness (QED) is 0.0223. The fraction of sp³-hybridized carbons (Fsp3) is 0.388. The van der Waals surface area contributed by atoms with Crippen molar-refractivity contribution in [1.29, 1.82) is 0 Å². The molecule has 0 radical (unpaired) electrons. The van der Waals surface area contributed by atoms with Crippen molar-refractivity contribution in [3.63, 3.8) is 0 Å². The second kappa shape index (κ2) is 35.8. The summed E-state index contributed by atoms with van der Waals surface area (Å²) in [6.45, 7) is 13.7. The second-order valence-electron chi connectivity index (χ2n) is 29.2. The molecule has 5 aliphatic heterocycles. The summed E-state index contributed by atoms with van der Waals surface area (Å²) in [5.74, 6) is -0.352. The van der Waals surface area contributed by atoms with Crippen LogP contribution in [0.5, 0.6) is 11.5 Å². The van der Waals surface area contributed by atoms with Gasteiger partial charge in [0, 0.05) is 128 Å². The highest BCUT2D eigenvalue weighted by Gasteiger charge is 2.47. The Balaban J connectivity index is 0.000000212. The van der Waals surface area contributed by atoms with Crippen molar-refractivity contribution >= 4 is 93.4 Å². The van der Waals surface area contributed by atoms with Crippen molar-refractivity contribution in [2.45, 2.75) is 149 Å². The average Bonchev–Trinajstić information content (AvgIpc) is 1.62. The molecule has 0 saturated carbocycles. The van der Waals surface area contributed by atoms with E-state index in [9.17, 15) is 43.2 Å². The molecule has 4 aromatic heterocycles. The smallest absolute Gasteiger partial charge is 0.416 e. The zero-order chi connectivity index (χ0) is 78.6. The summed E-state index contributed by atoms with van der Waals surface area (Å²) in [6.07, 6.45) is 17.5. The first-order valence-electron chi connectivity index (χ1n) is 38.1. The van der Waals surface area contributed by atoms with Crippen molar-refractivity contribution in [2.24, 2.45) is 33.2 Å². The van der Waals surface area contributed by atoms with Gasteiger partial charge in [-0.15, -0.1) is 0 Å². The van der Waals surface area contributed by atoms with Crippen LogP contribution in [0.1, 0.15) is 180 Å². The van der Waals surface area contributed by atoms with Crippen molar-refractivity contribution in [3.05, 3.63) is 202 Å². The van der Waals surface area contributed by atoms with E-state index < -0.39 is 24.7 Å². The molecule has 3 saturated heterocycles. The monoisotopic (exact) mass is 1510 g/mol. The third-order valence-corrected chi connectivity index (χ3v) is 20.5. The lowest BCUT2D eigenvalue weighted by atomic mass is 10.00. The van der Waals surface area contributed by atoms with E-state index in [2.05, 4.69) is 32.8 Å². The van der Waals surface area contributed by atoms with E-state index in [0.717, 1.165) is 68.2 Å². The van der Waals surface area contributed by atoms with E-state index >= 15 is 0 Å². The lowest BCUT2D eigenvalue weighted by Crippen LogP contribution is -2.57. The molecule has 0 spiro atoms. The van der Waals surface area contributed by atoms with Crippen LogP contribution in [0.2, 0.25) is 0 Å². The minimum absolute atomic E-state index is 0.0158. The Kier molecular flexibility index (Phi) is 25.5. The Morgan fingerprint density at radius 1 is 0.550 bits per heavy atom. The van der Waals surface area contributed by atoms with Gasteiger partial charge in [-0.3, -0.25) is 43.3 Å². The van der Waals surface area contributed by atoms with Gasteiger partial charge in [0.25, 0.3) is 23.6 Å². The number of Topliss-reactive ketones (excluding diaryl/α,β-unsaturated/α-hetero) is 2. The van der Waals surface area contributed by atoms with Gasteiger partial charge in [0.05, 0.1) is 70.6 Å². The Hall–Kier alpha value is -11.6. The minimum Gasteiger partial charge on any atom is -0.493 e. The number of fused-ring (bicyclic) bond motifs is 4. The highest BCUT2D eigenvalue weighted by Crippen LogP contribution is 2.41. The lowest BCUT2D eigenvalue weighted by Gasteiger charge is -2.42. The molecule has 0 aliphatic carbocycles. The number of ether oxygens (including phenoxy) is 5. The predicted molar refractivity (Wildman–Crippen MR) is 423 cm³/mol. The molecule has 7 amide bonds. The molecule has 3 fully saturated rings. The van der Waals surface area contributed by atoms with E-state index in [-0.39, 0.29) is 91.9 Å². The topological polar surface area (TPSA) is 290 Å². The summed E-state index contributed by atoms with van der Waals surface area (Å²) in [6, 6.07) is 28.5.